The predicted molar refractivity (Wildman–Crippen MR) is 119 cm³/mol. The summed E-state index contributed by atoms with van der Waals surface area (Å²) in [6, 6.07) is 15.3. The number of benzene rings is 2. The summed E-state index contributed by atoms with van der Waals surface area (Å²) in [6.45, 7) is 0. The second-order valence-electron chi connectivity index (χ2n) is 8.05. The predicted octanol–water partition coefficient (Wildman–Crippen LogP) is 3.77. The Morgan fingerprint density at radius 3 is 2.58 bits per heavy atom. The first-order chi connectivity index (χ1) is 15.2. The van der Waals surface area contributed by atoms with E-state index in [2.05, 4.69) is 25.5 Å². The van der Waals surface area contributed by atoms with Gasteiger partial charge in [0.25, 0.3) is 11.5 Å². The van der Waals surface area contributed by atoms with Crippen molar-refractivity contribution in [2.75, 3.05) is 0 Å². The van der Waals surface area contributed by atoms with Gasteiger partial charge in [0.05, 0.1) is 29.3 Å². The Balaban J connectivity index is 1.26. The number of hydrogen-bond acceptors (Lipinski definition) is 4. The molecule has 1 fully saturated rings. The summed E-state index contributed by atoms with van der Waals surface area (Å²) in [7, 11) is 0. The van der Waals surface area contributed by atoms with Crippen LogP contribution in [0.5, 0.6) is 0 Å². The van der Waals surface area contributed by atoms with E-state index in [4.69, 9.17) is 0 Å². The van der Waals surface area contributed by atoms with Crippen LogP contribution in [0.2, 0.25) is 0 Å². The number of nitrogens with one attached hydrogen (secondary N) is 3. The van der Waals surface area contributed by atoms with E-state index in [1.807, 2.05) is 48.5 Å². The standard InChI is InChI=1S/C24H23N5O2/c30-23(17-5-3-4-16(12-17)21-13-25-14-26-21)27-18-10-8-15(9-11-18)22-19-6-1-2-7-20(19)24(31)29-28-22/h1-7,12-15,18H,8-11H2,(H,25,26)(H,27,30)(H,29,31). The van der Waals surface area contributed by atoms with Crippen molar-refractivity contribution in [2.45, 2.75) is 37.6 Å². The van der Waals surface area contributed by atoms with Crippen molar-refractivity contribution in [3.05, 3.63) is 82.7 Å². The number of aromatic amines is 2. The van der Waals surface area contributed by atoms with Crippen LogP contribution < -0.4 is 10.9 Å². The van der Waals surface area contributed by atoms with Crippen molar-refractivity contribution in [3.63, 3.8) is 0 Å². The van der Waals surface area contributed by atoms with Crippen molar-refractivity contribution in [2.24, 2.45) is 0 Å². The summed E-state index contributed by atoms with van der Waals surface area (Å²) >= 11 is 0. The van der Waals surface area contributed by atoms with Gasteiger partial charge in [-0.3, -0.25) is 9.59 Å². The largest absolute Gasteiger partial charge is 0.349 e. The first-order valence-corrected chi connectivity index (χ1v) is 10.6. The van der Waals surface area contributed by atoms with Gasteiger partial charge in [0.2, 0.25) is 0 Å². The molecule has 1 saturated carbocycles. The van der Waals surface area contributed by atoms with E-state index >= 15 is 0 Å². The van der Waals surface area contributed by atoms with Crippen molar-refractivity contribution in [1.29, 1.82) is 0 Å². The summed E-state index contributed by atoms with van der Waals surface area (Å²) in [5.41, 5.74) is 3.26. The van der Waals surface area contributed by atoms with Crippen LogP contribution in [-0.2, 0) is 0 Å². The smallest absolute Gasteiger partial charge is 0.272 e. The van der Waals surface area contributed by atoms with E-state index in [1.165, 1.54) is 0 Å². The number of nitrogens with zero attached hydrogens (tertiary/aromatic N) is 2. The van der Waals surface area contributed by atoms with E-state index in [9.17, 15) is 9.59 Å². The Labute approximate surface area is 178 Å². The lowest BCUT2D eigenvalue weighted by molar-refractivity contribution is 0.0925. The maximum absolute atomic E-state index is 12.8. The molecule has 31 heavy (non-hydrogen) atoms. The molecule has 5 rings (SSSR count). The first-order valence-electron chi connectivity index (χ1n) is 10.6. The van der Waals surface area contributed by atoms with Crippen LogP contribution in [0.1, 0.15) is 47.7 Å². The van der Waals surface area contributed by atoms with Crippen LogP contribution in [0.25, 0.3) is 22.0 Å². The lowest BCUT2D eigenvalue weighted by Gasteiger charge is -2.29. The van der Waals surface area contributed by atoms with Gasteiger partial charge in [-0.05, 0) is 43.9 Å². The first kappa shape index (κ1) is 19.2. The molecule has 1 aliphatic rings. The Morgan fingerprint density at radius 2 is 1.81 bits per heavy atom. The molecule has 156 valence electrons. The molecule has 0 aliphatic heterocycles. The van der Waals surface area contributed by atoms with Gasteiger partial charge in [-0.1, -0.05) is 30.3 Å². The molecule has 3 N–H and O–H groups in total. The summed E-state index contributed by atoms with van der Waals surface area (Å²) < 4.78 is 0. The normalized spacial score (nSPS) is 18.7. The van der Waals surface area contributed by atoms with Gasteiger partial charge in [0.1, 0.15) is 0 Å². The number of hydrogen-bond donors (Lipinski definition) is 3. The molecule has 0 bridgehead atoms. The Morgan fingerprint density at radius 1 is 1.00 bits per heavy atom. The molecule has 1 aliphatic carbocycles. The molecule has 7 heteroatoms. The van der Waals surface area contributed by atoms with Gasteiger partial charge in [0, 0.05) is 28.5 Å². The molecule has 2 heterocycles. The molecule has 2 aromatic carbocycles. The highest BCUT2D eigenvalue weighted by Gasteiger charge is 2.26. The zero-order valence-corrected chi connectivity index (χ0v) is 17.0. The topological polar surface area (TPSA) is 104 Å². The van der Waals surface area contributed by atoms with E-state index < -0.39 is 0 Å². The van der Waals surface area contributed by atoms with Gasteiger partial charge < -0.3 is 10.3 Å². The lowest BCUT2D eigenvalue weighted by Crippen LogP contribution is -2.37. The molecule has 7 nitrogen and oxygen atoms in total. The number of rotatable bonds is 4. The van der Waals surface area contributed by atoms with Crippen molar-refractivity contribution in [3.8, 4) is 11.3 Å². The molecule has 2 aromatic heterocycles. The molecular formula is C24H23N5O2. The summed E-state index contributed by atoms with van der Waals surface area (Å²) in [4.78, 5) is 32.0. The molecule has 0 unspecified atom stereocenters. The number of aromatic nitrogens is 4. The fraction of sp³-hybridized carbons (Fsp3) is 0.250. The fourth-order valence-corrected chi connectivity index (χ4v) is 4.47. The zero-order chi connectivity index (χ0) is 21.2. The molecule has 1 amide bonds. The van der Waals surface area contributed by atoms with Crippen molar-refractivity contribution >= 4 is 16.7 Å². The SMILES string of the molecule is O=C(NC1CCC(c2n[nH]c(=O)c3ccccc23)CC1)c1cccc(-c2cnc[nH]2)c1. The molecule has 0 spiro atoms. The summed E-state index contributed by atoms with van der Waals surface area (Å²) in [5, 5.41) is 11.8. The van der Waals surface area contributed by atoms with Crippen molar-refractivity contribution < 1.29 is 4.79 Å². The fourth-order valence-electron chi connectivity index (χ4n) is 4.47. The number of H-pyrrole nitrogens is 2. The summed E-state index contributed by atoms with van der Waals surface area (Å²) in [5.74, 6) is 0.219. The van der Waals surface area contributed by atoms with Crippen LogP contribution in [-0.4, -0.2) is 32.1 Å². The van der Waals surface area contributed by atoms with Gasteiger partial charge in [-0.15, -0.1) is 0 Å². The van der Waals surface area contributed by atoms with E-state index in [-0.39, 0.29) is 23.4 Å². The van der Waals surface area contributed by atoms with E-state index in [0.717, 1.165) is 48.0 Å². The lowest BCUT2D eigenvalue weighted by atomic mass is 9.82. The molecule has 0 atom stereocenters. The van der Waals surface area contributed by atoms with Crippen LogP contribution in [0.3, 0.4) is 0 Å². The monoisotopic (exact) mass is 413 g/mol. The third kappa shape index (κ3) is 3.86. The number of carbonyl (C=O) groups is 1. The Kier molecular flexibility index (Phi) is 5.08. The van der Waals surface area contributed by atoms with Crippen molar-refractivity contribution in [1.82, 2.24) is 25.5 Å². The number of carbonyl (C=O) groups excluding carboxylic acids is 1. The minimum absolute atomic E-state index is 0.0579. The van der Waals surface area contributed by atoms with Gasteiger partial charge in [0.15, 0.2) is 0 Å². The number of imidazole rings is 1. The van der Waals surface area contributed by atoms with Gasteiger partial charge in [-0.25, -0.2) is 10.1 Å². The molecule has 0 radical (unpaired) electrons. The number of amides is 1. The van der Waals surface area contributed by atoms with Gasteiger partial charge >= 0.3 is 0 Å². The maximum Gasteiger partial charge on any atom is 0.272 e. The van der Waals surface area contributed by atoms with E-state index in [0.29, 0.717) is 10.9 Å². The quantitative estimate of drug-likeness (QED) is 0.474. The second-order valence-corrected chi connectivity index (χ2v) is 8.05. The highest BCUT2D eigenvalue weighted by atomic mass is 16.1. The highest BCUT2D eigenvalue weighted by Crippen LogP contribution is 2.34. The highest BCUT2D eigenvalue weighted by molar-refractivity contribution is 5.95. The molecular weight excluding hydrogens is 390 g/mol. The number of fused-ring (bicyclic) bond motifs is 1. The minimum atomic E-state index is -0.155. The van der Waals surface area contributed by atoms with Crippen LogP contribution in [0.15, 0.2) is 65.8 Å². The average molecular weight is 413 g/mol. The van der Waals surface area contributed by atoms with Crippen LogP contribution in [0, 0.1) is 0 Å². The summed E-state index contributed by atoms with van der Waals surface area (Å²) in [6.07, 6.45) is 6.97. The zero-order valence-electron chi connectivity index (χ0n) is 17.0. The van der Waals surface area contributed by atoms with E-state index in [1.54, 1.807) is 12.5 Å². The maximum atomic E-state index is 12.8. The average Bonchev–Trinajstić information content (AvgIpc) is 3.36. The molecule has 0 saturated heterocycles. The van der Waals surface area contributed by atoms with Gasteiger partial charge in [-0.2, -0.15) is 5.10 Å². The second kappa shape index (κ2) is 8.18. The van der Waals surface area contributed by atoms with Crippen LogP contribution in [0.4, 0.5) is 0 Å². The van der Waals surface area contributed by atoms with Crippen LogP contribution >= 0.6 is 0 Å². The Bertz CT molecular complexity index is 1270. The third-order valence-corrected chi connectivity index (χ3v) is 6.11. The minimum Gasteiger partial charge on any atom is -0.349 e. The molecule has 4 aromatic rings. The third-order valence-electron chi connectivity index (χ3n) is 6.11. The Hall–Kier alpha value is -3.74.